The summed E-state index contributed by atoms with van der Waals surface area (Å²) in [6, 6.07) is 0.578. The Labute approximate surface area is 106 Å². The molecule has 17 heavy (non-hydrogen) atoms. The summed E-state index contributed by atoms with van der Waals surface area (Å²) in [7, 11) is 1.95. The first-order chi connectivity index (χ1) is 8.08. The highest BCUT2D eigenvalue weighted by Crippen LogP contribution is 2.23. The molecule has 2 atom stereocenters. The molecule has 0 amide bonds. The van der Waals surface area contributed by atoms with E-state index in [0.717, 1.165) is 16.7 Å². The van der Waals surface area contributed by atoms with Crippen molar-refractivity contribution in [2.45, 2.75) is 32.9 Å². The van der Waals surface area contributed by atoms with E-state index in [-0.39, 0.29) is 6.04 Å². The molecule has 0 radical (unpaired) electrons. The maximum atomic E-state index is 4.68. The Morgan fingerprint density at radius 2 is 2.24 bits per heavy atom. The smallest absolute Gasteiger partial charge is 0.157 e. The Morgan fingerprint density at radius 1 is 1.47 bits per heavy atom. The van der Waals surface area contributed by atoms with Gasteiger partial charge in [0.05, 0.1) is 12.1 Å². The molecule has 1 aliphatic heterocycles. The summed E-state index contributed by atoms with van der Waals surface area (Å²) < 4.78 is 1.93. The van der Waals surface area contributed by atoms with E-state index in [4.69, 9.17) is 0 Å². The molecule has 94 valence electrons. The molecule has 0 saturated carbocycles. The van der Waals surface area contributed by atoms with Gasteiger partial charge in [0.1, 0.15) is 6.33 Å². The van der Waals surface area contributed by atoms with Gasteiger partial charge in [0, 0.05) is 12.8 Å². The van der Waals surface area contributed by atoms with Gasteiger partial charge < -0.3 is 9.88 Å². The number of amidine groups is 1. The van der Waals surface area contributed by atoms with Crippen LogP contribution in [0.25, 0.3) is 0 Å². The lowest BCUT2D eigenvalue weighted by atomic mass is 10.1. The van der Waals surface area contributed by atoms with Crippen LogP contribution in [0.1, 0.15) is 32.6 Å². The SMILES string of the molecule is CC(NC1=N[C@@H](C(C)C)CS1)c1nncn1C. The number of aryl methyl sites for hydroxylation is 1. The molecule has 1 aromatic heterocycles. The number of hydrogen-bond donors (Lipinski definition) is 1. The maximum Gasteiger partial charge on any atom is 0.157 e. The topological polar surface area (TPSA) is 55.1 Å². The second-order valence-electron chi connectivity index (χ2n) is 4.72. The number of aliphatic imine (C=N–C) groups is 1. The van der Waals surface area contributed by atoms with E-state index in [0.29, 0.717) is 12.0 Å². The summed E-state index contributed by atoms with van der Waals surface area (Å²) >= 11 is 1.79. The zero-order valence-electron chi connectivity index (χ0n) is 10.7. The fraction of sp³-hybridized carbons (Fsp3) is 0.727. The minimum Gasteiger partial charge on any atom is -0.355 e. The van der Waals surface area contributed by atoms with Gasteiger partial charge >= 0.3 is 0 Å². The van der Waals surface area contributed by atoms with Crippen LogP contribution >= 0.6 is 11.8 Å². The molecule has 0 spiro atoms. The number of hydrogen-bond acceptors (Lipinski definition) is 5. The van der Waals surface area contributed by atoms with E-state index in [9.17, 15) is 0 Å². The largest absolute Gasteiger partial charge is 0.355 e. The molecule has 1 aliphatic rings. The molecular weight excluding hydrogens is 234 g/mol. The molecule has 0 fully saturated rings. The third kappa shape index (κ3) is 2.80. The highest BCUT2D eigenvalue weighted by atomic mass is 32.2. The monoisotopic (exact) mass is 253 g/mol. The van der Waals surface area contributed by atoms with Crippen molar-refractivity contribution in [3.8, 4) is 0 Å². The maximum absolute atomic E-state index is 4.68. The summed E-state index contributed by atoms with van der Waals surface area (Å²) in [5.41, 5.74) is 0. The second-order valence-corrected chi connectivity index (χ2v) is 5.73. The first-order valence-electron chi connectivity index (χ1n) is 5.89. The molecule has 0 saturated heterocycles. The third-order valence-electron chi connectivity index (χ3n) is 2.92. The Hall–Kier alpha value is -1.04. The highest BCUT2D eigenvalue weighted by Gasteiger charge is 2.23. The summed E-state index contributed by atoms with van der Waals surface area (Å²) in [4.78, 5) is 4.68. The standard InChI is InChI=1S/C11H19N5S/c1-7(2)9-5-17-11(14-9)13-8(3)10-15-12-6-16(10)4/h6-9H,5H2,1-4H3,(H,13,14)/t8?,9-/m1/s1. The van der Waals surface area contributed by atoms with Gasteiger partial charge in [-0.15, -0.1) is 10.2 Å². The van der Waals surface area contributed by atoms with Crippen LogP contribution in [0.15, 0.2) is 11.3 Å². The molecule has 2 rings (SSSR count). The van der Waals surface area contributed by atoms with Crippen LogP contribution in [-0.4, -0.2) is 31.7 Å². The van der Waals surface area contributed by atoms with Gasteiger partial charge in [-0.3, -0.25) is 4.99 Å². The van der Waals surface area contributed by atoms with Crippen molar-refractivity contribution in [3.05, 3.63) is 12.2 Å². The lowest BCUT2D eigenvalue weighted by Gasteiger charge is -2.13. The normalized spacial score (nSPS) is 21.7. The van der Waals surface area contributed by atoms with Crippen LogP contribution < -0.4 is 5.32 Å². The number of nitrogens with zero attached hydrogens (tertiary/aromatic N) is 4. The van der Waals surface area contributed by atoms with E-state index in [1.54, 1.807) is 18.1 Å². The Morgan fingerprint density at radius 3 is 2.76 bits per heavy atom. The molecule has 0 aliphatic carbocycles. The number of rotatable bonds is 3. The van der Waals surface area contributed by atoms with Gasteiger partial charge in [-0.25, -0.2) is 0 Å². The van der Waals surface area contributed by atoms with Crippen molar-refractivity contribution in [1.82, 2.24) is 20.1 Å². The van der Waals surface area contributed by atoms with Crippen LogP contribution in [0, 0.1) is 5.92 Å². The van der Waals surface area contributed by atoms with Crippen LogP contribution in [-0.2, 0) is 7.05 Å². The molecule has 0 bridgehead atoms. The van der Waals surface area contributed by atoms with Crippen LogP contribution in [0.3, 0.4) is 0 Å². The van der Waals surface area contributed by atoms with Gasteiger partial charge in [0.2, 0.25) is 0 Å². The first kappa shape index (κ1) is 12.4. The second kappa shape index (κ2) is 5.08. The summed E-state index contributed by atoms with van der Waals surface area (Å²) in [5, 5.41) is 12.4. The van der Waals surface area contributed by atoms with Crippen LogP contribution in [0.5, 0.6) is 0 Å². The predicted molar refractivity (Wildman–Crippen MR) is 71.1 cm³/mol. The molecule has 1 N–H and O–H groups in total. The summed E-state index contributed by atoms with van der Waals surface area (Å²) in [6.45, 7) is 6.50. The van der Waals surface area contributed by atoms with Gasteiger partial charge in [-0.05, 0) is 12.8 Å². The van der Waals surface area contributed by atoms with Crippen LogP contribution in [0.2, 0.25) is 0 Å². The van der Waals surface area contributed by atoms with Gasteiger partial charge in [0.15, 0.2) is 11.0 Å². The molecule has 6 heteroatoms. The summed E-state index contributed by atoms with van der Waals surface area (Å²) in [5.74, 6) is 2.61. The van der Waals surface area contributed by atoms with E-state index < -0.39 is 0 Å². The molecule has 1 aromatic rings. The van der Waals surface area contributed by atoms with Crippen molar-refractivity contribution < 1.29 is 0 Å². The number of thioether (sulfide) groups is 1. The highest BCUT2D eigenvalue weighted by molar-refractivity contribution is 8.14. The van der Waals surface area contributed by atoms with Crippen molar-refractivity contribution in [2.75, 3.05) is 5.75 Å². The zero-order valence-corrected chi connectivity index (χ0v) is 11.5. The van der Waals surface area contributed by atoms with Gasteiger partial charge in [-0.2, -0.15) is 0 Å². The van der Waals surface area contributed by atoms with E-state index >= 15 is 0 Å². The third-order valence-corrected chi connectivity index (χ3v) is 3.92. The minimum atomic E-state index is 0.139. The Kier molecular flexibility index (Phi) is 3.71. The van der Waals surface area contributed by atoms with Crippen molar-refractivity contribution in [2.24, 2.45) is 18.0 Å². The van der Waals surface area contributed by atoms with E-state index in [1.165, 1.54) is 0 Å². The van der Waals surface area contributed by atoms with Crippen molar-refractivity contribution >= 4 is 16.9 Å². The molecule has 5 nitrogen and oxygen atoms in total. The minimum absolute atomic E-state index is 0.139. The zero-order chi connectivity index (χ0) is 12.4. The van der Waals surface area contributed by atoms with Crippen molar-refractivity contribution in [3.63, 3.8) is 0 Å². The lowest BCUT2D eigenvalue weighted by Crippen LogP contribution is -2.25. The average molecular weight is 253 g/mol. The lowest BCUT2D eigenvalue weighted by molar-refractivity contribution is 0.540. The molecule has 2 heterocycles. The van der Waals surface area contributed by atoms with Crippen molar-refractivity contribution in [1.29, 1.82) is 0 Å². The Bertz CT molecular complexity index is 412. The number of nitrogens with one attached hydrogen (secondary N) is 1. The molecule has 0 aromatic carbocycles. The fourth-order valence-corrected chi connectivity index (χ4v) is 3.00. The van der Waals surface area contributed by atoms with Crippen LogP contribution in [0.4, 0.5) is 0 Å². The van der Waals surface area contributed by atoms with E-state index in [2.05, 4.69) is 41.3 Å². The predicted octanol–water partition coefficient (Wildman–Crippen LogP) is 1.59. The average Bonchev–Trinajstić information content (AvgIpc) is 2.86. The quantitative estimate of drug-likeness (QED) is 0.889. The Balaban J connectivity index is 1.99. The first-order valence-corrected chi connectivity index (χ1v) is 6.87. The van der Waals surface area contributed by atoms with Gasteiger partial charge in [0.25, 0.3) is 0 Å². The number of aromatic nitrogens is 3. The molecule has 1 unspecified atom stereocenters. The molecular formula is C11H19N5S. The summed E-state index contributed by atoms with van der Waals surface area (Å²) in [6.07, 6.45) is 1.72. The van der Waals surface area contributed by atoms with Gasteiger partial charge in [-0.1, -0.05) is 25.6 Å². The fourth-order valence-electron chi connectivity index (χ4n) is 1.74. The van der Waals surface area contributed by atoms with E-state index in [1.807, 2.05) is 11.6 Å².